The third-order valence-corrected chi connectivity index (χ3v) is 5.28. The van der Waals surface area contributed by atoms with E-state index in [1.807, 2.05) is 0 Å². The van der Waals surface area contributed by atoms with Gasteiger partial charge >= 0.3 is 6.18 Å². The third-order valence-electron chi connectivity index (χ3n) is 5.28. The van der Waals surface area contributed by atoms with Crippen molar-refractivity contribution in [3.8, 4) is 0 Å². The summed E-state index contributed by atoms with van der Waals surface area (Å²) in [6.07, 6.45) is 0.924. The molecule has 1 nitrogen and oxygen atoms in total. The summed E-state index contributed by atoms with van der Waals surface area (Å²) in [5, 5.41) is 0. The minimum atomic E-state index is -4.07. The van der Waals surface area contributed by atoms with Crippen molar-refractivity contribution >= 4 is 0 Å². The lowest BCUT2D eigenvalue weighted by atomic mass is 9.62. The van der Waals surface area contributed by atoms with E-state index in [2.05, 4.69) is 13.8 Å². The predicted octanol–water partition coefficient (Wildman–Crippen LogP) is 4.51. The van der Waals surface area contributed by atoms with Gasteiger partial charge in [-0.25, -0.2) is 0 Å². The zero-order valence-corrected chi connectivity index (χ0v) is 12.0. The van der Waals surface area contributed by atoms with Crippen LogP contribution in [0.2, 0.25) is 0 Å². The molecule has 2 rings (SSSR count). The highest BCUT2D eigenvalue weighted by Gasteiger charge is 2.49. The molecular weight excluding hydrogens is 251 g/mol. The molecule has 4 unspecified atom stereocenters. The summed E-state index contributed by atoms with van der Waals surface area (Å²) in [6, 6.07) is 0. The second-order valence-electron chi connectivity index (χ2n) is 7.18. The average molecular weight is 277 g/mol. The van der Waals surface area contributed by atoms with Gasteiger partial charge in [0.2, 0.25) is 0 Å². The predicted molar refractivity (Wildman–Crippen MR) is 70.6 cm³/mol. The highest BCUT2D eigenvalue weighted by atomic mass is 19.4. The molecule has 0 aromatic carbocycles. The largest absolute Gasteiger partial charge is 0.391 e. The third kappa shape index (κ3) is 3.45. The Morgan fingerprint density at radius 3 is 2.16 bits per heavy atom. The first-order valence-corrected chi connectivity index (χ1v) is 7.56. The second kappa shape index (κ2) is 5.27. The first kappa shape index (κ1) is 15.1. The van der Waals surface area contributed by atoms with Crippen molar-refractivity contribution in [1.82, 2.24) is 0 Å². The van der Waals surface area contributed by atoms with Gasteiger partial charge in [-0.15, -0.1) is 0 Å². The lowest BCUT2D eigenvalue weighted by molar-refractivity contribution is -0.189. The maximum absolute atomic E-state index is 12.9. The van der Waals surface area contributed by atoms with Crippen LogP contribution in [0.1, 0.15) is 58.8 Å². The van der Waals surface area contributed by atoms with Crippen LogP contribution in [-0.4, -0.2) is 11.7 Å². The van der Waals surface area contributed by atoms with Gasteiger partial charge in [-0.3, -0.25) is 0 Å². The second-order valence-corrected chi connectivity index (χ2v) is 7.18. The molecule has 2 N–H and O–H groups in total. The van der Waals surface area contributed by atoms with Crippen molar-refractivity contribution in [2.75, 3.05) is 0 Å². The minimum Gasteiger partial charge on any atom is -0.325 e. The molecule has 0 spiro atoms. The smallest absolute Gasteiger partial charge is 0.325 e. The van der Waals surface area contributed by atoms with E-state index < -0.39 is 17.6 Å². The molecule has 2 aliphatic rings. The summed E-state index contributed by atoms with van der Waals surface area (Å²) in [6.45, 7) is 4.41. The van der Waals surface area contributed by atoms with Crippen molar-refractivity contribution in [1.29, 1.82) is 0 Å². The first-order valence-electron chi connectivity index (χ1n) is 7.56. The highest BCUT2D eigenvalue weighted by molar-refractivity contribution is 4.99. The molecule has 0 amide bonds. The molecule has 0 aromatic heterocycles. The van der Waals surface area contributed by atoms with Gasteiger partial charge in [-0.05, 0) is 56.3 Å². The number of rotatable bonds is 1. The van der Waals surface area contributed by atoms with Crippen LogP contribution in [0.5, 0.6) is 0 Å². The SMILES string of the molecule is CC1CC(C)CC(C2(N)CCCC(C(F)(F)F)C2)C1. The molecule has 0 aliphatic heterocycles. The van der Waals surface area contributed by atoms with Crippen LogP contribution in [0.15, 0.2) is 0 Å². The summed E-state index contributed by atoms with van der Waals surface area (Å²) in [4.78, 5) is 0. The molecule has 0 aromatic rings. The fourth-order valence-corrected chi connectivity index (χ4v) is 4.41. The number of alkyl halides is 3. The molecule has 4 atom stereocenters. The Morgan fingerprint density at radius 2 is 1.63 bits per heavy atom. The molecule has 0 bridgehead atoms. The van der Waals surface area contributed by atoms with Gasteiger partial charge in [0, 0.05) is 5.54 Å². The monoisotopic (exact) mass is 277 g/mol. The van der Waals surface area contributed by atoms with E-state index in [4.69, 9.17) is 5.73 Å². The van der Waals surface area contributed by atoms with Crippen LogP contribution < -0.4 is 5.73 Å². The van der Waals surface area contributed by atoms with Crippen molar-refractivity contribution in [2.45, 2.75) is 70.5 Å². The molecule has 112 valence electrons. The summed E-state index contributed by atoms with van der Waals surface area (Å²) in [5.74, 6) is 0.288. The van der Waals surface area contributed by atoms with E-state index in [0.29, 0.717) is 18.3 Å². The molecule has 0 saturated heterocycles. The zero-order valence-electron chi connectivity index (χ0n) is 12.0. The maximum Gasteiger partial charge on any atom is 0.391 e. The summed E-state index contributed by atoms with van der Waals surface area (Å²) in [5.41, 5.74) is 5.86. The van der Waals surface area contributed by atoms with Crippen molar-refractivity contribution in [2.24, 2.45) is 29.4 Å². The molecule has 0 radical (unpaired) electrons. The van der Waals surface area contributed by atoms with E-state index >= 15 is 0 Å². The Morgan fingerprint density at radius 1 is 1.05 bits per heavy atom. The van der Waals surface area contributed by atoms with Crippen LogP contribution in [0.4, 0.5) is 13.2 Å². The van der Waals surface area contributed by atoms with E-state index in [1.54, 1.807) is 0 Å². The van der Waals surface area contributed by atoms with Crippen LogP contribution in [0, 0.1) is 23.7 Å². The Kier molecular flexibility index (Phi) is 4.20. The Hall–Kier alpha value is -0.250. The molecular formula is C15H26F3N. The zero-order chi connectivity index (χ0) is 14.3. The van der Waals surface area contributed by atoms with Gasteiger partial charge in [0.25, 0.3) is 0 Å². The molecule has 2 saturated carbocycles. The topological polar surface area (TPSA) is 26.0 Å². The van der Waals surface area contributed by atoms with Crippen molar-refractivity contribution < 1.29 is 13.2 Å². The molecule has 19 heavy (non-hydrogen) atoms. The van der Waals surface area contributed by atoms with E-state index in [0.717, 1.165) is 19.3 Å². The quantitative estimate of drug-likeness (QED) is 0.750. The van der Waals surface area contributed by atoms with E-state index in [-0.39, 0.29) is 18.8 Å². The molecule has 0 heterocycles. The lowest BCUT2D eigenvalue weighted by Crippen LogP contribution is -2.54. The number of halogens is 3. The maximum atomic E-state index is 12.9. The highest BCUT2D eigenvalue weighted by Crippen LogP contribution is 2.48. The van der Waals surface area contributed by atoms with Crippen molar-refractivity contribution in [3.63, 3.8) is 0 Å². The Labute approximate surface area is 114 Å². The standard InChI is InChI=1S/C15H26F3N/c1-10-6-11(2)8-13(7-10)14(19)5-3-4-12(9-14)15(16,17)18/h10-13H,3-9,19H2,1-2H3. The van der Waals surface area contributed by atoms with Gasteiger partial charge in [0.05, 0.1) is 5.92 Å². The van der Waals surface area contributed by atoms with Gasteiger partial charge < -0.3 is 5.73 Å². The number of nitrogens with two attached hydrogens (primary N) is 1. The molecule has 2 fully saturated rings. The van der Waals surface area contributed by atoms with Crippen molar-refractivity contribution in [3.05, 3.63) is 0 Å². The Bertz CT molecular complexity index is 305. The van der Waals surface area contributed by atoms with Gasteiger partial charge in [0.1, 0.15) is 0 Å². The van der Waals surface area contributed by atoms with Gasteiger partial charge in [-0.1, -0.05) is 20.3 Å². The van der Waals surface area contributed by atoms with Crippen LogP contribution in [0.25, 0.3) is 0 Å². The van der Waals surface area contributed by atoms with E-state index in [1.165, 1.54) is 6.42 Å². The molecule has 2 aliphatic carbocycles. The summed E-state index contributed by atoms with van der Waals surface area (Å²) < 4.78 is 38.8. The van der Waals surface area contributed by atoms with Crippen LogP contribution >= 0.6 is 0 Å². The summed E-state index contributed by atoms with van der Waals surface area (Å²) >= 11 is 0. The fraction of sp³-hybridized carbons (Fsp3) is 1.00. The van der Waals surface area contributed by atoms with Gasteiger partial charge in [0.15, 0.2) is 0 Å². The summed E-state index contributed by atoms with van der Waals surface area (Å²) in [7, 11) is 0. The Balaban J connectivity index is 2.08. The number of hydrogen-bond donors (Lipinski definition) is 1. The van der Waals surface area contributed by atoms with E-state index in [9.17, 15) is 13.2 Å². The van der Waals surface area contributed by atoms with Crippen LogP contribution in [-0.2, 0) is 0 Å². The average Bonchev–Trinajstić information content (AvgIpc) is 2.26. The lowest BCUT2D eigenvalue weighted by Gasteiger charge is -2.47. The fourth-order valence-electron chi connectivity index (χ4n) is 4.41. The van der Waals surface area contributed by atoms with Crippen LogP contribution in [0.3, 0.4) is 0 Å². The van der Waals surface area contributed by atoms with Gasteiger partial charge in [-0.2, -0.15) is 13.2 Å². The first-order chi connectivity index (χ1) is 8.71. The normalized spacial score (nSPS) is 45.2. The number of hydrogen-bond acceptors (Lipinski definition) is 1. The molecule has 4 heteroatoms. The minimum absolute atomic E-state index is 0.139.